The Morgan fingerprint density at radius 1 is 1.38 bits per heavy atom. The molecule has 9 heteroatoms. The maximum atomic E-state index is 12.2. The summed E-state index contributed by atoms with van der Waals surface area (Å²) < 4.78 is 0. The van der Waals surface area contributed by atoms with Gasteiger partial charge in [0.1, 0.15) is 23.1 Å². The van der Waals surface area contributed by atoms with Crippen LogP contribution in [0.1, 0.15) is 19.7 Å². The fraction of sp³-hybridized carbons (Fsp3) is 0.417. The molecule has 1 aliphatic rings. The van der Waals surface area contributed by atoms with Crippen LogP contribution in [0.5, 0.6) is 0 Å². The topological polar surface area (TPSA) is 105 Å². The van der Waals surface area contributed by atoms with E-state index in [-0.39, 0.29) is 17.9 Å². The Labute approximate surface area is 125 Å². The first-order valence-corrected chi connectivity index (χ1v) is 7.42. The Morgan fingerprint density at radius 3 is 2.86 bits per heavy atom. The molecule has 0 spiro atoms. The van der Waals surface area contributed by atoms with Crippen molar-refractivity contribution < 1.29 is 4.79 Å². The van der Waals surface area contributed by atoms with Gasteiger partial charge in [0.05, 0.1) is 0 Å². The van der Waals surface area contributed by atoms with Crippen LogP contribution >= 0.6 is 11.3 Å². The maximum absolute atomic E-state index is 12.2. The van der Waals surface area contributed by atoms with Gasteiger partial charge in [-0.1, -0.05) is 25.2 Å². The number of amides is 1. The summed E-state index contributed by atoms with van der Waals surface area (Å²) in [5.41, 5.74) is 2.16. The zero-order valence-corrected chi connectivity index (χ0v) is 12.7. The number of nitrogens with zero attached hydrogens (tertiary/aromatic N) is 4. The largest absolute Gasteiger partial charge is 0.356 e. The molecule has 0 bridgehead atoms. The first kappa shape index (κ1) is 13.7. The highest BCUT2D eigenvalue weighted by Gasteiger charge is 2.31. The van der Waals surface area contributed by atoms with Gasteiger partial charge in [0.2, 0.25) is 11.0 Å². The minimum atomic E-state index is -0.304. The van der Waals surface area contributed by atoms with E-state index in [0.717, 1.165) is 0 Å². The number of carbonyl (C=O) groups excluding carboxylic acids is 1. The van der Waals surface area contributed by atoms with Crippen LogP contribution in [0.15, 0.2) is 5.51 Å². The van der Waals surface area contributed by atoms with Gasteiger partial charge in [0.15, 0.2) is 11.6 Å². The number of hydrogen-bond donors (Lipinski definition) is 3. The van der Waals surface area contributed by atoms with E-state index in [2.05, 4.69) is 36.1 Å². The lowest BCUT2D eigenvalue weighted by molar-refractivity contribution is -0.117. The van der Waals surface area contributed by atoms with Crippen LogP contribution in [0.3, 0.4) is 0 Å². The molecule has 21 heavy (non-hydrogen) atoms. The Balaban J connectivity index is 1.99. The lowest BCUT2D eigenvalue weighted by atomic mass is 10.0. The molecule has 1 aliphatic heterocycles. The van der Waals surface area contributed by atoms with Gasteiger partial charge in [-0.3, -0.25) is 4.79 Å². The molecule has 110 valence electrons. The van der Waals surface area contributed by atoms with E-state index in [1.54, 1.807) is 12.4 Å². The summed E-state index contributed by atoms with van der Waals surface area (Å²) in [6, 6.07) is -0.304. The summed E-state index contributed by atoms with van der Waals surface area (Å²) in [6.45, 7) is 5.77. The molecule has 1 unspecified atom stereocenters. The average molecular weight is 305 g/mol. The number of aromatic nitrogens is 4. The smallest absolute Gasteiger partial charge is 0.247 e. The average Bonchev–Trinajstić information content (AvgIpc) is 2.91. The zero-order valence-electron chi connectivity index (χ0n) is 11.8. The van der Waals surface area contributed by atoms with Crippen LogP contribution < -0.4 is 16.0 Å². The molecule has 2 aromatic heterocycles. The zero-order chi connectivity index (χ0) is 15.0. The molecular formula is C12H15N7OS. The summed E-state index contributed by atoms with van der Waals surface area (Å²) in [5, 5.41) is 17.4. The van der Waals surface area contributed by atoms with E-state index >= 15 is 0 Å². The van der Waals surface area contributed by atoms with E-state index in [4.69, 9.17) is 0 Å². The van der Waals surface area contributed by atoms with Gasteiger partial charge in [0.25, 0.3) is 0 Å². The molecule has 0 fully saturated rings. The molecule has 0 saturated heterocycles. The minimum Gasteiger partial charge on any atom is -0.356 e. The maximum Gasteiger partial charge on any atom is 0.247 e. The molecule has 2 aromatic rings. The normalized spacial score (nSPS) is 17.1. The van der Waals surface area contributed by atoms with Crippen molar-refractivity contribution in [1.29, 1.82) is 0 Å². The van der Waals surface area contributed by atoms with Crippen molar-refractivity contribution in [3.05, 3.63) is 11.3 Å². The van der Waals surface area contributed by atoms with Crippen molar-refractivity contribution in [2.24, 2.45) is 5.92 Å². The van der Waals surface area contributed by atoms with Crippen molar-refractivity contribution >= 4 is 39.7 Å². The number of aryl methyl sites for hydroxylation is 1. The number of hydrogen-bond acceptors (Lipinski definition) is 8. The summed E-state index contributed by atoms with van der Waals surface area (Å²) in [7, 11) is 0. The molecular weight excluding hydrogens is 290 g/mol. The third-order valence-corrected chi connectivity index (χ3v) is 3.70. The summed E-state index contributed by atoms with van der Waals surface area (Å²) in [6.07, 6.45) is 0. The second-order valence-electron chi connectivity index (χ2n) is 5.07. The van der Waals surface area contributed by atoms with Crippen molar-refractivity contribution in [1.82, 2.24) is 20.2 Å². The van der Waals surface area contributed by atoms with Crippen LogP contribution in [-0.4, -0.2) is 32.1 Å². The molecule has 3 N–H and O–H groups in total. The van der Waals surface area contributed by atoms with Crippen LogP contribution in [0.2, 0.25) is 0 Å². The first-order chi connectivity index (χ1) is 10.0. The standard InChI is InChI=1S/C12H15N7OS/c1-5(2)7-11(20)17-8-9(16-7)14-6(3)15-10(8)18-12-19-13-4-21-12/h4-5,7H,1-3H3,(H,17,20)(H2,14,15,16,18,19). The second-order valence-corrected chi connectivity index (χ2v) is 5.90. The third kappa shape index (κ3) is 2.64. The summed E-state index contributed by atoms with van der Waals surface area (Å²) in [4.78, 5) is 20.8. The van der Waals surface area contributed by atoms with Crippen molar-refractivity contribution in [3.8, 4) is 0 Å². The number of nitrogens with one attached hydrogen (secondary N) is 3. The molecule has 3 rings (SSSR count). The number of rotatable bonds is 3. The monoisotopic (exact) mass is 305 g/mol. The van der Waals surface area contributed by atoms with Crippen molar-refractivity contribution in [2.45, 2.75) is 26.8 Å². The highest BCUT2D eigenvalue weighted by atomic mass is 32.1. The molecule has 1 atom stereocenters. The highest BCUT2D eigenvalue weighted by Crippen LogP contribution is 2.34. The Morgan fingerprint density at radius 2 is 2.19 bits per heavy atom. The lowest BCUT2D eigenvalue weighted by Crippen LogP contribution is -2.43. The third-order valence-electron chi connectivity index (χ3n) is 3.10. The van der Waals surface area contributed by atoms with Gasteiger partial charge in [0, 0.05) is 0 Å². The number of fused-ring (bicyclic) bond motifs is 1. The van der Waals surface area contributed by atoms with Crippen LogP contribution in [0, 0.1) is 12.8 Å². The highest BCUT2D eigenvalue weighted by molar-refractivity contribution is 7.13. The van der Waals surface area contributed by atoms with Gasteiger partial charge >= 0.3 is 0 Å². The summed E-state index contributed by atoms with van der Waals surface area (Å²) >= 11 is 1.35. The molecule has 0 radical (unpaired) electrons. The quantitative estimate of drug-likeness (QED) is 0.793. The Kier molecular flexibility index (Phi) is 3.42. The second kappa shape index (κ2) is 5.24. The SMILES string of the molecule is Cc1nc(Nc2nncs2)c2c(n1)NC(C(C)C)C(=O)N2. The summed E-state index contributed by atoms with van der Waals surface area (Å²) in [5.74, 6) is 1.80. The molecule has 0 aliphatic carbocycles. The predicted octanol–water partition coefficient (Wildman–Crippen LogP) is 1.77. The van der Waals surface area contributed by atoms with E-state index in [9.17, 15) is 4.79 Å². The Bertz CT molecular complexity index is 670. The lowest BCUT2D eigenvalue weighted by Gasteiger charge is -2.29. The fourth-order valence-corrected chi connectivity index (χ4v) is 2.54. The van der Waals surface area contributed by atoms with Gasteiger partial charge in [-0.25, -0.2) is 9.97 Å². The fourth-order valence-electron chi connectivity index (χ4n) is 2.10. The van der Waals surface area contributed by atoms with Crippen LogP contribution in [0.25, 0.3) is 0 Å². The number of anilines is 4. The van der Waals surface area contributed by atoms with E-state index in [0.29, 0.717) is 28.3 Å². The van der Waals surface area contributed by atoms with Gasteiger partial charge < -0.3 is 16.0 Å². The predicted molar refractivity (Wildman–Crippen MR) is 80.8 cm³/mol. The van der Waals surface area contributed by atoms with Crippen LogP contribution in [-0.2, 0) is 4.79 Å². The van der Waals surface area contributed by atoms with Crippen molar-refractivity contribution in [3.63, 3.8) is 0 Å². The van der Waals surface area contributed by atoms with E-state index in [1.165, 1.54) is 11.3 Å². The van der Waals surface area contributed by atoms with Gasteiger partial charge in [-0.15, -0.1) is 10.2 Å². The van der Waals surface area contributed by atoms with Crippen molar-refractivity contribution in [2.75, 3.05) is 16.0 Å². The minimum absolute atomic E-state index is 0.0923. The van der Waals surface area contributed by atoms with Gasteiger partial charge in [-0.05, 0) is 12.8 Å². The first-order valence-electron chi connectivity index (χ1n) is 6.54. The molecule has 1 amide bonds. The number of carbonyl (C=O) groups is 1. The molecule has 3 heterocycles. The van der Waals surface area contributed by atoms with Crippen LogP contribution in [0.4, 0.5) is 22.5 Å². The van der Waals surface area contributed by atoms with E-state index in [1.807, 2.05) is 13.8 Å². The van der Waals surface area contributed by atoms with Gasteiger partial charge in [-0.2, -0.15) is 0 Å². The van der Waals surface area contributed by atoms with E-state index < -0.39 is 0 Å². The Hall–Kier alpha value is -2.29. The molecule has 0 saturated carbocycles. The molecule has 8 nitrogen and oxygen atoms in total. The molecule has 0 aromatic carbocycles.